The standard InChI is InChI=1S/C9H9ClN2O/c1-6-11-9(12-13-6)7-2-4-8(10)5-3-7/h2-6H,1H3,(H,11,12)/t6-/m0/s1. The molecule has 0 aromatic heterocycles. The van der Waals surface area contributed by atoms with E-state index < -0.39 is 0 Å². The molecule has 4 heteroatoms. The van der Waals surface area contributed by atoms with E-state index in [4.69, 9.17) is 16.4 Å². The number of hydroxylamine groups is 1. The van der Waals surface area contributed by atoms with E-state index in [1.165, 1.54) is 0 Å². The molecule has 0 unspecified atom stereocenters. The fourth-order valence-electron chi connectivity index (χ4n) is 1.12. The zero-order chi connectivity index (χ0) is 9.26. The number of hydrogen-bond donors (Lipinski definition) is 1. The van der Waals surface area contributed by atoms with Crippen molar-refractivity contribution in [2.45, 2.75) is 13.2 Å². The maximum atomic E-state index is 5.76. The average molecular weight is 197 g/mol. The summed E-state index contributed by atoms with van der Waals surface area (Å²) in [5.41, 5.74) is 3.73. The SMILES string of the molecule is C[C@H]1N=C(c2ccc(Cl)cc2)NO1. The highest BCUT2D eigenvalue weighted by atomic mass is 35.5. The largest absolute Gasteiger partial charge is 0.248 e. The van der Waals surface area contributed by atoms with Crippen molar-refractivity contribution in [3.8, 4) is 0 Å². The van der Waals surface area contributed by atoms with Crippen LogP contribution in [0.4, 0.5) is 0 Å². The van der Waals surface area contributed by atoms with Gasteiger partial charge in [0.15, 0.2) is 12.1 Å². The minimum atomic E-state index is -0.120. The summed E-state index contributed by atoms with van der Waals surface area (Å²) < 4.78 is 0. The van der Waals surface area contributed by atoms with Crippen LogP contribution >= 0.6 is 11.6 Å². The number of aliphatic imine (C=N–C) groups is 1. The first-order chi connectivity index (χ1) is 6.25. The van der Waals surface area contributed by atoms with Gasteiger partial charge in [0.2, 0.25) is 0 Å². The fourth-order valence-corrected chi connectivity index (χ4v) is 1.24. The summed E-state index contributed by atoms with van der Waals surface area (Å²) in [4.78, 5) is 9.29. The number of benzene rings is 1. The van der Waals surface area contributed by atoms with Crippen molar-refractivity contribution in [3.63, 3.8) is 0 Å². The first-order valence-corrected chi connectivity index (χ1v) is 4.39. The molecule has 0 saturated heterocycles. The number of nitrogens with zero attached hydrogens (tertiary/aromatic N) is 1. The molecule has 0 amide bonds. The highest BCUT2D eigenvalue weighted by Gasteiger charge is 2.13. The summed E-state index contributed by atoms with van der Waals surface area (Å²) in [6, 6.07) is 7.44. The first kappa shape index (κ1) is 8.53. The quantitative estimate of drug-likeness (QED) is 0.745. The second-order valence-electron chi connectivity index (χ2n) is 2.80. The molecule has 0 spiro atoms. The van der Waals surface area contributed by atoms with Crippen LogP contribution in [0.25, 0.3) is 0 Å². The Kier molecular flexibility index (Phi) is 2.20. The van der Waals surface area contributed by atoms with E-state index in [0.29, 0.717) is 0 Å². The maximum absolute atomic E-state index is 5.76. The topological polar surface area (TPSA) is 33.6 Å². The number of rotatable bonds is 1. The number of hydrogen-bond acceptors (Lipinski definition) is 3. The maximum Gasteiger partial charge on any atom is 0.174 e. The normalized spacial score (nSPS) is 21.1. The van der Waals surface area contributed by atoms with Gasteiger partial charge in [0.25, 0.3) is 0 Å². The number of halogens is 1. The minimum absolute atomic E-state index is 0.120. The molecule has 1 aromatic carbocycles. The van der Waals surface area contributed by atoms with E-state index >= 15 is 0 Å². The summed E-state index contributed by atoms with van der Waals surface area (Å²) in [5.74, 6) is 0.754. The second-order valence-corrected chi connectivity index (χ2v) is 3.24. The predicted molar refractivity (Wildman–Crippen MR) is 51.7 cm³/mol. The van der Waals surface area contributed by atoms with Crippen LogP contribution in [-0.2, 0) is 4.84 Å². The van der Waals surface area contributed by atoms with Crippen molar-refractivity contribution in [1.82, 2.24) is 5.48 Å². The molecule has 1 atom stereocenters. The van der Waals surface area contributed by atoms with E-state index in [-0.39, 0.29) is 6.23 Å². The van der Waals surface area contributed by atoms with Gasteiger partial charge >= 0.3 is 0 Å². The van der Waals surface area contributed by atoms with Crippen molar-refractivity contribution >= 4 is 17.4 Å². The van der Waals surface area contributed by atoms with Gasteiger partial charge in [-0.2, -0.15) is 0 Å². The van der Waals surface area contributed by atoms with E-state index in [9.17, 15) is 0 Å². The number of amidine groups is 1. The molecule has 2 rings (SSSR count). The fraction of sp³-hybridized carbons (Fsp3) is 0.222. The van der Waals surface area contributed by atoms with Crippen LogP contribution < -0.4 is 5.48 Å². The molecular weight excluding hydrogens is 188 g/mol. The highest BCUT2D eigenvalue weighted by Crippen LogP contribution is 2.12. The molecule has 1 aromatic rings. The van der Waals surface area contributed by atoms with Crippen LogP contribution in [0.2, 0.25) is 5.02 Å². The van der Waals surface area contributed by atoms with Crippen LogP contribution in [0, 0.1) is 0 Å². The monoisotopic (exact) mass is 196 g/mol. The lowest BCUT2D eigenvalue weighted by atomic mass is 10.2. The van der Waals surface area contributed by atoms with E-state index in [1.54, 1.807) is 0 Å². The summed E-state index contributed by atoms with van der Waals surface area (Å²) in [7, 11) is 0. The van der Waals surface area contributed by atoms with Crippen LogP contribution in [0.3, 0.4) is 0 Å². The average Bonchev–Trinajstić information content (AvgIpc) is 2.53. The van der Waals surface area contributed by atoms with Gasteiger partial charge in [-0.05, 0) is 31.2 Å². The highest BCUT2D eigenvalue weighted by molar-refractivity contribution is 6.30. The molecule has 1 aliphatic heterocycles. The zero-order valence-electron chi connectivity index (χ0n) is 7.12. The van der Waals surface area contributed by atoms with Crippen LogP contribution in [-0.4, -0.2) is 12.1 Å². The lowest BCUT2D eigenvalue weighted by molar-refractivity contribution is 0.0504. The lowest BCUT2D eigenvalue weighted by Crippen LogP contribution is -2.18. The van der Waals surface area contributed by atoms with Crippen molar-refractivity contribution < 1.29 is 4.84 Å². The molecule has 1 N–H and O–H groups in total. The van der Waals surface area contributed by atoms with Crippen LogP contribution in [0.15, 0.2) is 29.3 Å². The summed E-state index contributed by atoms with van der Waals surface area (Å²) in [6.45, 7) is 1.87. The van der Waals surface area contributed by atoms with Gasteiger partial charge in [-0.3, -0.25) is 0 Å². The number of nitrogens with one attached hydrogen (secondary N) is 1. The predicted octanol–water partition coefficient (Wildman–Crippen LogP) is 1.97. The van der Waals surface area contributed by atoms with Gasteiger partial charge in [0.05, 0.1) is 0 Å². The van der Waals surface area contributed by atoms with Crippen LogP contribution in [0.5, 0.6) is 0 Å². The summed E-state index contributed by atoms with van der Waals surface area (Å²) in [6.07, 6.45) is -0.120. The third kappa shape index (κ3) is 1.82. The van der Waals surface area contributed by atoms with E-state index in [0.717, 1.165) is 16.4 Å². The van der Waals surface area contributed by atoms with Crippen molar-refractivity contribution in [2.75, 3.05) is 0 Å². The van der Waals surface area contributed by atoms with Gasteiger partial charge in [-0.15, -0.1) is 0 Å². The second kappa shape index (κ2) is 3.36. The molecule has 0 saturated carbocycles. The molecule has 0 fully saturated rings. The lowest BCUT2D eigenvalue weighted by Gasteiger charge is -2.00. The Morgan fingerprint density at radius 1 is 1.38 bits per heavy atom. The van der Waals surface area contributed by atoms with Crippen molar-refractivity contribution in [3.05, 3.63) is 34.9 Å². The summed E-state index contributed by atoms with van der Waals surface area (Å²) >= 11 is 5.76. The Labute approximate surface area is 81.3 Å². The molecule has 68 valence electrons. The zero-order valence-corrected chi connectivity index (χ0v) is 7.88. The van der Waals surface area contributed by atoms with Gasteiger partial charge < -0.3 is 0 Å². The third-order valence-corrected chi connectivity index (χ3v) is 2.01. The summed E-state index contributed by atoms with van der Waals surface area (Å²) in [5, 5.41) is 0.719. The van der Waals surface area contributed by atoms with Crippen LogP contribution in [0.1, 0.15) is 12.5 Å². The Morgan fingerprint density at radius 3 is 2.62 bits per heavy atom. The van der Waals surface area contributed by atoms with Crippen molar-refractivity contribution in [1.29, 1.82) is 0 Å². The molecule has 0 bridgehead atoms. The molecule has 1 heterocycles. The van der Waals surface area contributed by atoms with Gasteiger partial charge in [0.1, 0.15) is 0 Å². The smallest absolute Gasteiger partial charge is 0.174 e. The van der Waals surface area contributed by atoms with Crippen molar-refractivity contribution in [2.24, 2.45) is 4.99 Å². The molecule has 3 nitrogen and oxygen atoms in total. The molecule has 13 heavy (non-hydrogen) atoms. The van der Waals surface area contributed by atoms with E-state index in [1.807, 2.05) is 31.2 Å². The molecular formula is C9H9ClN2O. The van der Waals surface area contributed by atoms with Gasteiger partial charge in [0, 0.05) is 10.6 Å². The van der Waals surface area contributed by atoms with E-state index in [2.05, 4.69) is 10.5 Å². The Morgan fingerprint density at radius 2 is 2.08 bits per heavy atom. The Bertz CT molecular complexity index is 334. The third-order valence-electron chi connectivity index (χ3n) is 1.75. The molecule has 1 aliphatic rings. The Balaban J connectivity index is 2.26. The first-order valence-electron chi connectivity index (χ1n) is 4.01. The van der Waals surface area contributed by atoms with Gasteiger partial charge in [-0.1, -0.05) is 11.6 Å². The Hall–Kier alpha value is -1.06. The van der Waals surface area contributed by atoms with Gasteiger partial charge in [-0.25, -0.2) is 15.3 Å². The minimum Gasteiger partial charge on any atom is -0.248 e. The molecule has 0 aliphatic carbocycles. The molecule has 0 radical (unpaired) electrons.